The van der Waals surface area contributed by atoms with Crippen molar-refractivity contribution in [3.63, 3.8) is 0 Å². The fourth-order valence-corrected chi connectivity index (χ4v) is 3.69. The van der Waals surface area contributed by atoms with Crippen LogP contribution in [0.4, 0.5) is 0 Å². The second-order valence-electron chi connectivity index (χ2n) is 7.44. The van der Waals surface area contributed by atoms with Gasteiger partial charge in [0, 0.05) is 5.56 Å². The minimum atomic E-state index is -0.415. The summed E-state index contributed by atoms with van der Waals surface area (Å²) in [6.45, 7) is 6.49. The summed E-state index contributed by atoms with van der Waals surface area (Å²) in [7, 11) is 0. The van der Waals surface area contributed by atoms with E-state index in [9.17, 15) is 5.26 Å². The van der Waals surface area contributed by atoms with Crippen LogP contribution in [0.2, 0.25) is 0 Å². The summed E-state index contributed by atoms with van der Waals surface area (Å²) in [5.41, 5.74) is 9.76. The van der Waals surface area contributed by atoms with Crippen LogP contribution in [0, 0.1) is 11.3 Å². The van der Waals surface area contributed by atoms with Crippen molar-refractivity contribution in [3.8, 4) is 34.7 Å². The van der Waals surface area contributed by atoms with Crippen molar-refractivity contribution in [1.29, 1.82) is 5.26 Å². The van der Waals surface area contributed by atoms with E-state index in [0.29, 0.717) is 18.1 Å². The Morgan fingerprint density at radius 1 is 1.13 bits per heavy atom. The summed E-state index contributed by atoms with van der Waals surface area (Å²) >= 11 is 0. The largest absolute Gasteiger partial charge is 0.494 e. The number of nitrogens with one attached hydrogen (secondary N) is 1. The number of ether oxygens (including phenoxy) is 3. The maximum Gasteiger partial charge on any atom is 0.244 e. The number of H-pyrrole nitrogens is 1. The van der Waals surface area contributed by atoms with Crippen molar-refractivity contribution in [2.45, 2.75) is 32.8 Å². The lowest BCUT2D eigenvalue weighted by molar-refractivity contribution is 0.242. The molecule has 1 aliphatic rings. The minimum absolute atomic E-state index is 0.0623. The second kappa shape index (κ2) is 8.44. The van der Waals surface area contributed by atoms with Crippen molar-refractivity contribution in [1.82, 2.24) is 10.2 Å². The topological polar surface area (TPSA) is 106 Å². The highest BCUT2D eigenvalue weighted by Gasteiger charge is 2.35. The van der Waals surface area contributed by atoms with Gasteiger partial charge in [-0.3, -0.25) is 5.10 Å². The number of hydrogen-bond acceptors (Lipinski definition) is 6. The van der Waals surface area contributed by atoms with Crippen molar-refractivity contribution in [2.24, 2.45) is 5.73 Å². The Morgan fingerprint density at radius 3 is 2.42 bits per heavy atom. The highest BCUT2D eigenvalue weighted by atomic mass is 16.5. The molecule has 7 heteroatoms. The van der Waals surface area contributed by atoms with Crippen LogP contribution < -0.4 is 19.9 Å². The average Bonchev–Trinajstić information content (AvgIpc) is 3.17. The van der Waals surface area contributed by atoms with E-state index in [1.165, 1.54) is 0 Å². The van der Waals surface area contributed by atoms with Crippen LogP contribution in [0.5, 0.6) is 17.4 Å². The van der Waals surface area contributed by atoms with E-state index in [2.05, 4.69) is 16.3 Å². The Bertz CT molecular complexity index is 1140. The lowest BCUT2D eigenvalue weighted by Gasteiger charge is -2.24. The molecule has 2 aromatic carbocycles. The summed E-state index contributed by atoms with van der Waals surface area (Å²) in [5, 5.41) is 17.2. The van der Waals surface area contributed by atoms with Gasteiger partial charge in [0.25, 0.3) is 0 Å². The number of rotatable bonds is 6. The van der Waals surface area contributed by atoms with Crippen LogP contribution in [0.3, 0.4) is 0 Å². The summed E-state index contributed by atoms with van der Waals surface area (Å²) in [6, 6.07) is 17.6. The van der Waals surface area contributed by atoms with Crippen LogP contribution in [0.25, 0.3) is 11.3 Å². The first kappa shape index (κ1) is 20.4. The Balaban J connectivity index is 1.79. The predicted octanol–water partition coefficient (Wildman–Crippen LogP) is 4.48. The molecule has 0 spiro atoms. The molecule has 0 unspecified atom stereocenters. The van der Waals surface area contributed by atoms with Gasteiger partial charge in [-0.05, 0) is 62.7 Å². The van der Waals surface area contributed by atoms with Crippen molar-refractivity contribution in [3.05, 3.63) is 71.1 Å². The van der Waals surface area contributed by atoms with E-state index >= 15 is 0 Å². The SMILES string of the molecule is CCOc1ccc(-c2[nH]nc3c2[C@H](c2ccc(OC(C)C)cc2)C(C#N)=C(N)O3)cc1. The van der Waals surface area contributed by atoms with Crippen LogP contribution in [0.1, 0.15) is 37.8 Å². The number of benzene rings is 2. The molecule has 0 saturated carbocycles. The van der Waals surface area contributed by atoms with Crippen LogP contribution in [-0.4, -0.2) is 22.9 Å². The molecular weight excluding hydrogens is 392 g/mol. The van der Waals surface area contributed by atoms with E-state index in [1.807, 2.05) is 69.3 Å². The number of nitrogens with two attached hydrogens (primary N) is 1. The summed E-state index contributed by atoms with van der Waals surface area (Å²) in [4.78, 5) is 0. The molecule has 0 saturated heterocycles. The molecule has 0 amide bonds. The zero-order chi connectivity index (χ0) is 22.0. The van der Waals surface area contributed by atoms with Gasteiger partial charge in [0.2, 0.25) is 11.8 Å². The Kier molecular flexibility index (Phi) is 5.54. The number of fused-ring (bicyclic) bond motifs is 1. The number of hydrogen-bond donors (Lipinski definition) is 2. The van der Waals surface area contributed by atoms with Crippen molar-refractivity contribution in [2.75, 3.05) is 6.61 Å². The van der Waals surface area contributed by atoms with Gasteiger partial charge in [-0.2, -0.15) is 5.26 Å². The molecule has 7 nitrogen and oxygen atoms in total. The zero-order valence-corrected chi connectivity index (χ0v) is 17.7. The van der Waals surface area contributed by atoms with E-state index in [-0.39, 0.29) is 12.0 Å². The molecule has 3 aromatic rings. The summed E-state index contributed by atoms with van der Waals surface area (Å²) in [6.07, 6.45) is 0.0749. The molecule has 158 valence electrons. The monoisotopic (exact) mass is 416 g/mol. The molecule has 0 fully saturated rings. The average molecular weight is 416 g/mol. The standard InChI is InChI=1S/C24H24N4O3/c1-4-29-17-9-7-16(8-10-17)22-21-20(15-5-11-18(12-6-15)30-14(2)3)19(13-25)23(26)31-24(21)28-27-22/h5-12,14,20H,4,26H2,1-3H3,(H,27,28)/t20-/m1/s1. The Hall–Kier alpha value is -3.92. The number of nitriles is 1. The third-order valence-corrected chi connectivity index (χ3v) is 4.98. The first-order valence-electron chi connectivity index (χ1n) is 10.2. The maximum atomic E-state index is 9.85. The van der Waals surface area contributed by atoms with E-state index in [0.717, 1.165) is 33.9 Å². The predicted molar refractivity (Wildman–Crippen MR) is 117 cm³/mol. The van der Waals surface area contributed by atoms with Crippen LogP contribution in [0.15, 0.2) is 60.0 Å². The molecule has 0 radical (unpaired) electrons. The summed E-state index contributed by atoms with van der Waals surface area (Å²) < 4.78 is 17.0. The van der Waals surface area contributed by atoms with Crippen LogP contribution >= 0.6 is 0 Å². The molecule has 0 bridgehead atoms. The normalized spacial score (nSPS) is 15.3. The van der Waals surface area contributed by atoms with Gasteiger partial charge in [-0.25, -0.2) is 0 Å². The molecule has 1 atom stereocenters. The van der Waals surface area contributed by atoms with E-state index in [1.54, 1.807) is 0 Å². The molecular formula is C24H24N4O3. The molecule has 31 heavy (non-hydrogen) atoms. The first-order chi connectivity index (χ1) is 15.0. The lowest BCUT2D eigenvalue weighted by Crippen LogP contribution is -2.21. The highest BCUT2D eigenvalue weighted by Crippen LogP contribution is 2.45. The highest BCUT2D eigenvalue weighted by molar-refractivity contribution is 5.71. The fourth-order valence-electron chi connectivity index (χ4n) is 3.69. The quantitative estimate of drug-likeness (QED) is 0.614. The molecule has 1 aromatic heterocycles. The Labute approximate surface area is 181 Å². The third-order valence-electron chi connectivity index (χ3n) is 4.98. The molecule has 4 rings (SSSR count). The summed E-state index contributed by atoms with van der Waals surface area (Å²) in [5.74, 6) is 1.57. The van der Waals surface area contributed by atoms with Gasteiger partial charge in [0.05, 0.1) is 29.9 Å². The van der Waals surface area contributed by atoms with E-state index in [4.69, 9.17) is 19.9 Å². The number of allylic oxidation sites excluding steroid dienone is 1. The van der Waals surface area contributed by atoms with Gasteiger partial charge in [0.1, 0.15) is 23.1 Å². The first-order valence-corrected chi connectivity index (χ1v) is 10.2. The fraction of sp³-hybridized carbons (Fsp3) is 0.250. The Morgan fingerprint density at radius 2 is 1.81 bits per heavy atom. The smallest absolute Gasteiger partial charge is 0.244 e. The van der Waals surface area contributed by atoms with Crippen molar-refractivity contribution >= 4 is 0 Å². The number of nitrogens with zero attached hydrogens (tertiary/aromatic N) is 2. The van der Waals surface area contributed by atoms with Crippen molar-refractivity contribution < 1.29 is 14.2 Å². The van der Waals surface area contributed by atoms with Gasteiger partial charge < -0.3 is 19.9 Å². The number of aromatic amines is 1. The minimum Gasteiger partial charge on any atom is -0.494 e. The molecule has 2 heterocycles. The number of aromatic nitrogens is 2. The van der Waals surface area contributed by atoms with Gasteiger partial charge in [-0.15, -0.1) is 5.10 Å². The van der Waals surface area contributed by atoms with Gasteiger partial charge >= 0.3 is 0 Å². The molecule has 1 aliphatic heterocycles. The third kappa shape index (κ3) is 3.92. The van der Waals surface area contributed by atoms with Gasteiger partial charge in [0.15, 0.2) is 0 Å². The van der Waals surface area contributed by atoms with Crippen LogP contribution in [-0.2, 0) is 0 Å². The van der Waals surface area contributed by atoms with Gasteiger partial charge in [-0.1, -0.05) is 12.1 Å². The molecule has 0 aliphatic carbocycles. The lowest BCUT2D eigenvalue weighted by atomic mass is 9.83. The second-order valence-corrected chi connectivity index (χ2v) is 7.44. The molecule has 3 N–H and O–H groups in total. The zero-order valence-electron chi connectivity index (χ0n) is 17.7. The maximum absolute atomic E-state index is 9.85. The van der Waals surface area contributed by atoms with E-state index < -0.39 is 5.92 Å².